The summed E-state index contributed by atoms with van der Waals surface area (Å²) >= 11 is 12.5. The molecule has 2 aromatic carbocycles. The lowest BCUT2D eigenvalue weighted by atomic mass is 10.1. The summed E-state index contributed by atoms with van der Waals surface area (Å²) in [6.07, 6.45) is 0. The Hall–Kier alpha value is -1.64. The van der Waals surface area contributed by atoms with E-state index in [1.165, 1.54) is 11.1 Å². The maximum atomic E-state index is 6.31. The third kappa shape index (κ3) is 2.50. The molecule has 0 saturated heterocycles. The normalized spacial score (nSPS) is 11.1. The molecule has 106 valence electrons. The minimum absolute atomic E-state index is 0.452. The minimum Gasteiger partial charge on any atom is -0.228 e. The van der Waals surface area contributed by atoms with E-state index >= 15 is 0 Å². The summed E-state index contributed by atoms with van der Waals surface area (Å²) in [4.78, 5) is 9.08. The van der Waals surface area contributed by atoms with Crippen LogP contribution in [0.5, 0.6) is 0 Å². The van der Waals surface area contributed by atoms with Crippen LogP contribution >= 0.6 is 23.2 Å². The van der Waals surface area contributed by atoms with Crippen molar-refractivity contribution in [2.75, 3.05) is 0 Å². The second-order valence-corrected chi connectivity index (χ2v) is 5.97. The van der Waals surface area contributed by atoms with Crippen LogP contribution in [-0.2, 0) is 0 Å². The summed E-state index contributed by atoms with van der Waals surface area (Å²) in [5.74, 6) is 0.626. The van der Waals surface area contributed by atoms with Crippen LogP contribution in [0.15, 0.2) is 30.3 Å². The fourth-order valence-corrected chi connectivity index (χ4v) is 2.66. The standard InChI is InChI=1S/C17H14Cl2N2/c1-9-4-5-12(8-10(9)2)17-20-15-11(3)14(18)7-6-13(15)16(19)21-17/h4-8H,1-3H3. The zero-order valence-corrected chi connectivity index (χ0v) is 13.5. The van der Waals surface area contributed by atoms with E-state index in [0.29, 0.717) is 16.0 Å². The van der Waals surface area contributed by atoms with Crippen LogP contribution in [-0.4, -0.2) is 9.97 Å². The van der Waals surface area contributed by atoms with E-state index in [2.05, 4.69) is 35.9 Å². The monoisotopic (exact) mass is 316 g/mol. The van der Waals surface area contributed by atoms with Gasteiger partial charge in [-0.1, -0.05) is 35.3 Å². The second-order valence-electron chi connectivity index (χ2n) is 5.21. The molecular weight excluding hydrogens is 303 g/mol. The van der Waals surface area contributed by atoms with Crippen molar-refractivity contribution in [2.45, 2.75) is 20.8 Å². The molecule has 0 atom stereocenters. The molecule has 4 heteroatoms. The number of benzene rings is 2. The van der Waals surface area contributed by atoms with Crippen molar-refractivity contribution in [2.24, 2.45) is 0 Å². The summed E-state index contributed by atoms with van der Waals surface area (Å²) in [6, 6.07) is 9.84. The van der Waals surface area contributed by atoms with Crippen molar-refractivity contribution in [3.05, 3.63) is 57.2 Å². The Morgan fingerprint density at radius 2 is 1.62 bits per heavy atom. The lowest BCUT2D eigenvalue weighted by molar-refractivity contribution is 1.21. The third-order valence-electron chi connectivity index (χ3n) is 3.77. The SMILES string of the molecule is Cc1ccc(-c2nc(Cl)c3ccc(Cl)c(C)c3n2)cc1C. The van der Waals surface area contributed by atoms with E-state index in [0.717, 1.165) is 22.0 Å². The van der Waals surface area contributed by atoms with Crippen molar-refractivity contribution < 1.29 is 0 Å². The van der Waals surface area contributed by atoms with E-state index in [1.807, 2.05) is 25.1 Å². The van der Waals surface area contributed by atoms with Gasteiger partial charge in [0.25, 0.3) is 0 Å². The molecule has 0 N–H and O–H groups in total. The Morgan fingerprint density at radius 1 is 0.857 bits per heavy atom. The van der Waals surface area contributed by atoms with Crippen LogP contribution in [0.4, 0.5) is 0 Å². The number of rotatable bonds is 1. The zero-order valence-electron chi connectivity index (χ0n) is 12.0. The molecule has 3 aromatic rings. The lowest BCUT2D eigenvalue weighted by Crippen LogP contribution is -1.95. The van der Waals surface area contributed by atoms with Gasteiger partial charge >= 0.3 is 0 Å². The first kappa shape index (κ1) is 14.3. The summed E-state index contributed by atoms with van der Waals surface area (Å²) < 4.78 is 0. The number of aryl methyl sites for hydroxylation is 3. The van der Waals surface area contributed by atoms with E-state index < -0.39 is 0 Å². The molecule has 3 rings (SSSR count). The number of halogens is 2. The Labute approximate surface area is 133 Å². The number of aromatic nitrogens is 2. The predicted octanol–water partition coefficient (Wildman–Crippen LogP) is 5.53. The van der Waals surface area contributed by atoms with Crippen molar-refractivity contribution in [1.29, 1.82) is 0 Å². The van der Waals surface area contributed by atoms with Gasteiger partial charge in [-0.15, -0.1) is 0 Å². The fourth-order valence-electron chi connectivity index (χ4n) is 2.28. The maximum absolute atomic E-state index is 6.31. The van der Waals surface area contributed by atoms with Crippen LogP contribution in [0.25, 0.3) is 22.3 Å². The van der Waals surface area contributed by atoms with Gasteiger partial charge in [0.1, 0.15) is 5.15 Å². The number of hydrogen-bond donors (Lipinski definition) is 0. The van der Waals surface area contributed by atoms with Crippen molar-refractivity contribution in [1.82, 2.24) is 9.97 Å². The van der Waals surface area contributed by atoms with E-state index in [4.69, 9.17) is 23.2 Å². The zero-order chi connectivity index (χ0) is 15.1. The summed E-state index contributed by atoms with van der Waals surface area (Å²) in [5.41, 5.74) is 5.13. The molecule has 0 bridgehead atoms. The first-order valence-corrected chi connectivity index (χ1v) is 7.43. The Morgan fingerprint density at radius 3 is 2.33 bits per heavy atom. The highest BCUT2D eigenvalue weighted by Crippen LogP contribution is 2.30. The molecule has 0 aliphatic heterocycles. The number of fused-ring (bicyclic) bond motifs is 1. The van der Waals surface area contributed by atoms with Crippen molar-refractivity contribution >= 4 is 34.1 Å². The fraction of sp³-hybridized carbons (Fsp3) is 0.176. The molecular formula is C17H14Cl2N2. The van der Waals surface area contributed by atoms with Gasteiger partial charge in [-0.2, -0.15) is 0 Å². The highest BCUT2D eigenvalue weighted by Gasteiger charge is 2.12. The molecule has 0 saturated carbocycles. The van der Waals surface area contributed by atoms with Gasteiger partial charge < -0.3 is 0 Å². The minimum atomic E-state index is 0.452. The average molecular weight is 317 g/mol. The highest BCUT2D eigenvalue weighted by atomic mass is 35.5. The Balaban J connectivity index is 2.28. The molecule has 0 aliphatic rings. The maximum Gasteiger partial charge on any atom is 0.161 e. The molecule has 21 heavy (non-hydrogen) atoms. The molecule has 0 aliphatic carbocycles. The van der Waals surface area contributed by atoms with E-state index in [9.17, 15) is 0 Å². The second kappa shape index (κ2) is 5.28. The quantitative estimate of drug-likeness (QED) is 0.552. The first-order valence-electron chi connectivity index (χ1n) is 6.67. The first-order chi connectivity index (χ1) is 9.97. The lowest BCUT2D eigenvalue weighted by Gasteiger charge is -2.09. The Kier molecular flexibility index (Phi) is 3.60. The van der Waals surface area contributed by atoms with Gasteiger partial charge in [0.2, 0.25) is 0 Å². The summed E-state index contributed by atoms with van der Waals surface area (Å²) in [5, 5.41) is 1.96. The smallest absolute Gasteiger partial charge is 0.161 e. The molecule has 1 heterocycles. The van der Waals surface area contributed by atoms with Crippen LogP contribution in [0.1, 0.15) is 16.7 Å². The molecule has 0 amide bonds. The van der Waals surface area contributed by atoms with Gasteiger partial charge in [-0.25, -0.2) is 9.97 Å². The van der Waals surface area contributed by atoms with Crippen molar-refractivity contribution in [3.63, 3.8) is 0 Å². The van der Waals surface area contributed by atoms with Gasteiger partial charge in [-0.05, 0) is 55.7 Å². The molecule has 1 aromatic heterocycles. The molecule has 0 radical (unpaired) electrons. The number of nitrogens with zero attached hydrogens (tertiary/aromatic N) is 2. The predicted molar refractivity (Wildman–Crippen MR) is 89.2 cm³/mol. The largest absolute Gasteiger partial charge is 0.228 e. The van der Waals surface area contributed by atoms with Gasteiger partial charge in [0, 0.05) is 16.0 Å². The third-order valence-corrected chi connectivity index (χ3v) is 4.47. The topological polar surface area (TPSA) is 25.8 Å². The Bertz CT molecular complexity index is 857. The van der Waals surface area contributed by atoms with Gasteiger partial charge in [0.05, 0.1) is 5.52 Å². The van der Waals surface area contributed by atoms with Gasteiger partial charge in [0.15, 0.2) is 5.82 Å². The van der Waals surface area contributed by atoms with Crippen LogP contribution in [0.3, 0.4) is 0 Å². The van der Waals surface area contributed by atoms with E-state index in [1.54, 1.807) is 0 Å². The van der Waals surface area contributed by atoms with Crippen molar-refractivity contribution in [3.8, 4) is 11.4 Å². The highest BCUT2D eigenvalue weighted by molar-refractivity contribution is 6.35. The van der Waals surface area contributed by atoms with Crippen LogP contribution in [0.2, 0.25) is 10.2 Å². The summed E-state index contributed by atoms with van der Waals surface area (Å²) in [6.45, 7) is 6.10. The van der Waals surface area contributed by atoms with Gasteiger partial charge in [-0.3, -0.25) is 0 Å². The molecule has 0 fully saturated rings. The van der Waals surface area contributed by atoms with Crippen LogP contribution < -0.4 is 0 Å². The molecule has 2 nitrogen and oxygen atoms in total. The molecule has 0 spiro atoms. The summed E-state index contributed by atoms with van der Waals surface area (Å²) in [7, 11) is 0. The van der Waals surface area contributed by atoms with E-state index in [-0.39, 0.29) is 0 Å². The average Bonchev–Trinajstić information content (AvgIpc) is 2.46. The number of hydrogen-bond acceptors (Lipinski definition) is 2. The molecule has 0 unspecified atom stereocenters. The van der Waals surface area contributed by atoms with Crippen LogP contribution in [0, 0.1) is 20.8 Å².